The molecule has 1 N–H and O–H groups in total. The van der Waals surface area contributed by atoms with E-state index in [1.54, 1.807) is 12.1 Å². The largest absolute Gasteiger partial charge is 0.494 e. The van der Waals surface area contributed by atoms with Gasteiger partial charge in [0.1, 0.15) is 0 Å². The van der Waals surface area contributed by atoms with Gasteiger partial charge < -0.3 is 9.84 Å². The van der Waals surface area contributed by atoms with Crippen molar-refractivity contribution in [3.8, 4) is 5.75 Å². The highest BCUT2D eigenvalue weighted by Gasteiger charge is 2.40. The Labute approximate surface area is 113 Å². The fourth-order valence-corrected chi connectivity index (χ4v) is 3.97. The molecule has 0 saturated heterocycles. The molecule has 3 rings (SSSR count). The number of methoxy groups -OCH3 is 1. The van der Waals surface area contributed by atoms with Crippen LogP contribution in [0.5, 0.6) is 5.75 Å². The van der Waals surface area contributed by atoms with E-state index >= 15 is 0 Å². The number of rotatable bonds is 4. The average molecular weight is 264 g/mol. The number of ether oxygens (including phenoxy) is 1. The molecule has 2 aliphatic rings. The maximum absolute atomic E-state index is 13.4. The maximum atomic E-state index is 13.4. The fraction of sp³-hybridized carbons (Fsp3) is 0.625. The third-order valence-electron chi connectivity index (χ3n) is 4.97. The summed E-state index contributed by atoms with van der Waals surface area (Å²) in [5.74, 6) is 2.18. The molecule has 0 heterocycles. The molecular formula is C16H21FO2. The molecule has 0 amide bonds. The zero-order chi connectivity index (χ0) is 13.4. The highest BCUT2D eigenvalue weighted by atomic mass is 19.1. The summed E-state index contributed by atoms with van der Waals surface area (Å²) in [5, 5.41) is 10.3. The number of aliphatic hydroxyl groups is 1. The predicted octanol–water partition coefficient (Wildman–Crippen LogP) is 3.69. The molecule has 4 atom stereocenters. The number of benzene rings is 1. The van der Waals surface area contributed by atoms with E-state index in [0.29, 0.717) is 5.92 Å². The highest BCUT2D eigenvalue weighted by Crippen LogP contribution is 2.51. The number of hydrogen-bond acceptors (Lipinski definition) is 2. The smallest absolute Gasteiger partial charge is 0.165 e. The van der Waals surface area contributed by atoms with Crippen LogP contribution >= 0.6 is 0 Å². The molecule has 0 radical (unpaired) electrons. The topological polar surface area (TPSA) is 29.5 Å². The standard InChI is InChI=1S/C16H21FO2/c1-19-16-9-12(4-5-14(16)17)15(18)8-13-7-10-2-3-11(13)6-10/h4-5,9-11,13,15,18H,2-3,6-8H2,1H3. The van der Waals surface area contributed by atoms with Gasteiger partial charge in [-0.3, -0.25) is 0 Å². The molecule has 2 bridgehead atoms. The molecule has 2 aliphatic carbocycles. The van der Waals surface area contributed by atoms with Crippen molar-refractivity contribution in [2.75, 3.05) is 7.11 Å². The van der Waals surface area contributed by atoms with Crippen molar-refractivity contribution in [1.82, 2.24) is 0 Å². The first kappa shape index (κ1) is 12.9. The molecule has 2 nitrogen and oxygen atoms in total. The monoisotopic (exact) mass is 264 g/mol. The minimum absolute atomic E-state index is 0.212. The second kappa shape index (κ2) is 5.12. The molecule has 2 saturated carbocycles. The van der Waals surface area contributed by atoms with Crippen LogP contribution in [0.25, 0.3) is 0 Å². The molecule has 1 aromatic rings. The normalized spacial score (nSPS) is 30.6. The van der Waals surface area contributed by atoms with Crippen LogP contribution in [0.4, 0.5) is 4.39 Å². The molecule has 0 aliphatic heterocycles. The first-order chi connectivity index (χ1) is 9.17. The van der Waals surface area contributed by atoms with Crippen LogP contribution in [0, 0.1) is 23.6 Å². The lowest BCUT2D eigenvalue weighted by Gasteiger charge is -2.24. The summed E-state index contributed by atoms with van der Waals surface area (Å²) in [7, 11) is 1.45. The zero-order valence-corrected chi connectivity index (χ0v) is 11.3. The van der Waals surface area contributed by atoms with Gasteiger partial charge in [0.2, 0.25) is 0 Å². The number of aliphatic hydroxyl groups excluding tert-OH is 1. The number of fused-ring (bicyclic) bond motifs is 2. The van der Waals surface area contributed by atoms with Gasteiger partial charge >= 0.3 is 0 Å². The highest BCUT2D eigenvalue weighted by molar-refractivity contribution is 5.31. The van der Waals surface area contributed by atoms with Crippen LogP contribution in [-0.2, 0) is 0 Å². The van der Waals surface area contributed by atoms with Gasteiger partial charge in [-0.2, -0.15) is 0 Å². The summed E-state index contributed by atoms with van der Waals surface area (Å²) in [4.78, 5) is 0. The molecule has 0 aromatic heterocycles. The first-order valence-electron chi connectivity index (χ1n) is 7.19. The van der Waals surface area contributed by atoms with Gasteiger partial charge in [-0.15, -0.1) is 0 Å². The lowest BCUT2D eigenvalue weighted by molar-refractivity contribution is 0.125. The van der Waals surface area contributed by atoms with E-state index in [9.17, 15) is 9.50 Å². The molecule has 19 heavy (non-hydrogen) atoms. The van der Waals surface area contributed by atoms with Crippen molar-refractivity contribution in [3.63, 3.8) is 0 Å². The van der Waals surface area contributed by atoms with Gasteiger partial charge in [0.05, 0.1) is 13.2 Å². The van der Waals surface area contributed by atoms with E-state index in [2.05, 4.69) is 0 Å². The van der Waals surface area contributed by atoms with Gasteiger partial charge in [-0.25, -0.2) is 4.39 Å². The van der Waals surface area contributed by atoms with Crippen molar-refractivity contribution in [3.05, 3.63) is 29.6 Å². The van der Waals surface area contributed by atoms with Crippen LogP contribution in [0.15, 0.2) is 18.2 Å². The van der Waals surface area contributed by atoms with Crippen LogP contribution in [-0.4, -0.2) is 12.2 Å². The number of hydrogen-bond donors (Lipinski definition) is 1. The summed E-state index contributed by atoms with van der Waals surface area (Å²) >= 11 is 0. The Balaban J connectivity index is 1.68. The van der Waals surface area contributed by atoms with E-state index in [1.807, 2.05) is 0 Å². The van der Waals surface area contributed by atoms with E-state index in [1.165, 1.54) is 38.9 Å². The summed E-state index contributed by atoms with van der Waals surface area (Å²) in [6.07, 6.45) is 5.62. The maximum Gasteiger partial charge on any atom is 0.165 e. The fourth-order valence-electron chi connectivity index (χ4n) is 3.97. The van der Waals surface area contributed by atoms with Gasteiger partial charge in [0.25, 0.3) is 0 Å². The van der Waals surface area contributed by atoms with Crippen LogP contribution < -0.4 is 4.74 Å². The second-order valence-electron chi connectivity index (χ2n) is 6.08. The van der Waals surface area contributed by atoms with Gasteiger partial charge in [-0.1, -0.05) is 12.5 Å². The Bertz CT molecular complexity index is 460. The third kappa shape index (κ3) is 2.48. The Morgan fingerprint density at radius 1 is 1.37 bits per heavy atom. The van der Waals surface area contributed by atoms with Crippen LogP contribution in [0.3, 0.4) is 0 Å². The lowest BCUT2D eigenvalue weighted by atomic mass is 9.83. The van der Waals surface area contributed by atoms with Gasteiger partial charge in [-0.05, 0) is 61.1 Å². The Kier molecular flexibility index (Phi) is 3.48. The van der Waals surface area contributed by atoms with E-state index < -0.39 is 6.10 Å². The molecule has 104 valence electrons. The Hall–Kier alpha value is -1.09. The zero-order valence-electron chi connectivity index (χ0n) is 11.3. The average Bonchev–Trinajstić information content (AvgIpc) is 3.01. The minimum Gasteiger partial charge on any atom is -0.494 e. The molecule has 3 heteroatoms. The number of halogens is 1. The van der Waals surface area contributed by atoms with E-state index in [-0.39, 0.29) is 11.6 Å². The Morgan fingerprint density at radius 2 is 2.21 bits per heavy atom. The molecule has 0 spiro atoms. The minimum atomic E-state index is -0.501. The molecule has 2 fully saturated rings. The van der Waals surface area contributed by atoms with Gasteiger partial charge in [0, 0.05) is 0 Å². The third-order valence-corrected chi connectivity index (χ3v) is 4.97. The summed E-state index contributed by atoms with van der Waals surface area (Å²) < 4.78 is 18.3. The molecule has 4 unspecified atom stereocenters. The summed E-state index contributed by atoms with van der Waals surface area (Å²) in [5.41, 5.74) is 0.765. The summed E-state index contributed by atoms with van der Waals surface area (Å²) in [6, 6.07) is 4.65. The first-order valence-corrected chi connectivity index (χ1v) is 7.19. The predicted molar refractivity (Wildman–Crippen MR) is 71.5 cm³/mol. The SMILES string of the molecule is COc1cc(C(O)CC2CC3CCC2C3)ccc1F. The summed E-state index contributed by atoms with van der Waals surface area (Å²) in [6.45, 7) is 0. The van der Waals surface area contributed by atoms with Crippen molar-refractivity contribution < 1.29 is 14.2 Å². The van der Waals surface area contributed by atoms with Crippen molar-refractivity contribution in [1.29, 1.82) is 0 Å². The van der Waals surface area contributed by atoms with E-state index in [0.717, 1.165) is 23.8 Å². The Morgan fingerprint density at radius 3 is 2.84 bits per heavy atom. The van der Waals surface area contributed by atoms with E-state index in [4.69, 9.17) is 4.74 Å². The quantitative estimate of drug-likeness (QED) is 0.898. The van der Waals surface area contributed by atoms with Crippen molar-refractivity contribution >= 4 is 0 Å². The van der Waals surface area contributed by atoms with Crippen LogP contribution in [0.1, 0.15) is 43.8 Å². The van der Waals surface area contributed by atoms with Crippen molar-refractivity contribution in [2.45, 2.75) is 38.2 Å². The van der Waals surface area contributed by atoms with Crippen LogP contribution in [0.2, 0.25) is 0 Å². The molecule has 1 aromatic carbocycles. The lowest BCUT2D eigenvalue weighted by Crippen LogP contribution is -2.14. The second-order valence-corrected chi connectivity index (χ2v) is 6.08. The van der Waals surface area contributed by atoms with Gasteiger partial charge in [0.15, 0.2) is 11.6 Å². The van der Waals surface area contributed by atoms with Crippen molar-refractivity contribution in [2.24, 2.45) is 17.8 Å². The molecular weight excluding hydrogens is 243 g/mol.